The molecule has 0 aliphatic carbocycles. The van der Waals surface area contributed by atoms with E-state index in [4.69, 9.17) is 27.9 Å². The molecule has 2 aromatic rings. The predicted molar refractivity (Wildman–Crippen MR) is 91.8 cm³/mol. The third kappa shape index (κ3) is 3.01. The van der Waals surface area contributed by atoms with Crippen LogP contribution >= 0.6 is 39.1 Å². The zero-order valence-electron chi connectivity index (χ0n) is 11.4. The van der Waals surface area contributed by atoms with Crippen molar-refractivity contribution in [1.29, 1.82) is 0 Å². The Bertz CT molecular complexity index is 690. The number of benzene rings is 2. The lowest BCUT2D eigenvalue weighted by molar-refractivity contribution is 0.357. The van der Waals surface area contributed by atoms with E-state index in [-0.39, 0.29) is 6.04 Å². The Hall–Kier alpha value is -0.900. The SMILES string of the molecule is CC(Nc1ccc(Br)c(Cl)c1Cl)c1ccc2c(c1)CCO2. The van der Waals surface area contributed by atoms with Crippen LogP contribution < -0.4 is 10.1 Å². The van der Waals surface area contributed by atoms with Crippen LogP contribution in [0.5, 0.6) is 5.75 Å². The van der Waals surface area contributed by atoms with Crippen LogP contribution in [0.25, 0.3) is 0 Å². The first-order chi connectivity index (χ1) is 10.1. The average molecular weight is 387 g/mol. The van der Waals surface area contributed by atoms with E-state index in [1.807, 2.05) is 18.2 Å². The second-order valence-corrected chi connectivity index (χ2v) is 6.66. The first-order valence-electron chi connectivity index (χ1n) is 6.72. The number of hydrogen-bond donors (Lipinski definition) is 1. The normalized spacial score (nSPS) is 14.5. The summed E-state index contributed by atoms with van der Waals surface area (Å²) in [5.74, 6) is 0.996. The Morgan fingerprint density at radius 1 is 1.19 bits per heavy atom. The maximum Gasteiger partial charge on any atom is 0.122 e. The third-order valence-corrected chi connectivity index (χ3v) is 5.39. The van der Waals surface area contributed by atoms with Crippen molar-refractivity contribution in [3.05, 3.63) is 56.0 Å². The summed E-state index contributed by atoms with van der Waals surface area (Å²) in [4.78, 5) is 0. The number of fused-ring (bicyclic) bond motifs is 1. The van der Waals surface area contributed by atoms with Crippen LogP contribution in [0.3, 0.4) is 0 Å². The maximum atomic E-state index is 6.28. The van der Waals surface area contributed by atoms with Crippen LogP contribution in [0.15, 0.2) is 34.8 Å². The fraction of sp³-hybridized carbons (Fsp3) is 0.250. The molecule has 1 atom stereocenters. The molecule has 2 nitrogen and oxygen atoms in total. The van der Waals surface area contributed by atoms with Crippen molar-refractivity contribution in [3.8, 4) is 5.75 Å². The van der Waals surface area contributed by atoms with E-state index in [1.54, 1.807) is 0 Å². The highest BCUT2D eigenvalue weighted by atomic mass is 79.9. The molecule has 1 heterocycles. The molecule has 0 spiro atoms. The predicted octanol–water partition coefficient (Wildman–Crippen LogP) is 5.86. The van der Waals surface area contributed by atoms with Gasteiger partial charge in [-0.2, -0.15) is 0 Å². The molecule has 1 N–H and O–H groups in total. The lowest BCUT2D eigenvalue weighted by atomic mass is 10.0. The standard InChI is InChI=1S/C16H14BrCl2NO/c1-9(10-2-5-14-11(8-10)6-7-21-14)20-13-4-3-12(17)15(18)16(13)19/h2-5,8-9,20H,6-7H2,1H3. The number of nitrogens with one attached hydrogen (secondary N) is 1. The molecule has 1 aliphatic rings. The number of halogens is 3. The van der Waals surface area contributed by atoms with Gasteiger partial charge < -0.3 is 10.1 Å². The first kappa shape index (κ1) is 15.0. The van der Waals surface area contributed by atoms with Crippen LogP contribution in [0, 0.1) is 0 Å². The summed E-state index contributed by atoms with van der Waals surface area (Å²) in [5, 5.41) is 4.46. The molecule has 3 rings (SSSR count). The van der Waals surface area contributed by atoms with Gasteiger partial charge in [0.15, 0.2) is 0 Å². The van der Waals surface area contributed by atoms with Gasteiger partial charge in [0.05, 0.1) is 22.3 Å². The van der Waals surface area contributed by atoms with Gasteiger partial charge in [-0.05, 0) is 58.2 Å². The molecule has 21 heavy (non-hydrogen) atoms. The summed E-state index contributed by atoms with van der Waals surface area (Å²) in [7, 11) is 0. The smallest absolute Gasteiger partial charge is 0.122 e. The number of ether oxygens (including phenoxy) is 1. The van der Waals surface area contributed by atoms with Crippen molar-refractivity contribution in [2.75, 3.05) is 11.9 Å². The molecule has 110 valence electrons. The van der Waals surface area contributed by atoms with E-state index in [2.05, 4.69) is 40.3 Å². The highest BCUT2D eigenvalue weighted by Crippen LogP contribution is 2.37. The molecule has 1 aliphatic heterocycles. The molecule has 2 aromatic carbocycles. The van der Waals surface area contributed by atoms with Crippen LogP contribution in [-0.2, 0) is 6.42 Å². The van der Waals surface area contributed by atoms with Gasteiger partial charge in [-0.15, -0.1) is 0 Å². The van der Waals surface area contributed by atoms with Gasteiger partial charge in [0.2, 0.25) is 0 Å². The lowest BCUT2D eigenvalue weighted by Crippen LogP contribution is -2.07. The second-order valence-electron chi connectivity index (χ2n) is 5.05. The van der Waals surface area contributed by atoms with Gasteiger partial charge in [0.1, 0.15) is 5.75 Å². The van der Waals surface area contributed by atoms with E-state index in [1.165, 1.54) is 11.1 Å². The summed E-state index contributed by atoms with van der Waals surface area (Å²) in [5.41, 5.74) is 3.30. The molecule has 1 unspecified atom stereocenters. The van der Waals surface area contributed by atoms with E-state index < -0.39 is 0 Å². The minimum absolute atomic E-state index is 0.130. The number of hydrogen-bond acceptors (Lipinski definition) is 2. The fourth-order valence-electron chi connectivity index (χ4n) is 2.43. The van der Waals surface area contributed by atoms with Gasteiger partial charge in [-0.25, -0.2) is 0 Å². The largest absolute Gasteiger partial charge is 0.493 e. The Morgan fingerprint density at radius 2 is 2.00 bits per heavy atom. The van der Waals surface area contributed by atoms with Gasteiger partial charge in [0, 0.05) is 16.9 Å². The van der Waals surface area contributed by atoms with Gasteiger partial charge >= 0.3 is 0 Å². The van der Waals surface area contributed by atoms with Crippen molar-refractivity contribution in [3.63, 3.8) is 0 Å². The Labute approximate surface area is 142 Å². The van der Waals surface area contributed by atoms with Gasteiger partial charge in [-0.3, -0.25) is 0 Å². The van der Waals surface area contributed by atoms with Gasteiger partial charge in [0.25, 0.3) is 0 Å². The minimum Gasteiger partial charge on any atom is -0.493 e. The molecule has 0 amide bonds. The minimum atomic E-state index is 0.130. The monoisotopic (exact) mass is 385 g/mol. The zero-order valence-corrected chi connectivity index (χ0v) is 14.5. The second kappa shape index (κ2) is 6.07. The molecular weight excluding hydrogens is 373 g/mol. The van der Waals surface area contributed by atoms with Crippen LogP contribution in [0.2, 0.25) is 10.0 Å². The number of anilines is 1. The molecule has 0 saturated carbocycles. The molecular formula is C16H14BrCl2NO. The summed E-state index contributed by atoms with van der Waals surface area (Å²) >= 11 is 15.8. The lowest BCUT2D eigenvalue weighted by Gasteiger charge is -2.18. The van der Waals surface area contributed by atoms with Crippen molar-refractivity contribution in [1.82, 2.24) is 0 Å². The summed E-state index contributed by atoms with van der Waals surface area (Å²) < 4.78 is 6.33. The summed E-state index contributed by atoms with van der Waals surface area (Å²) in [6.07, 6.45) is 0.973. The van der Waals surface area contributed by atoms with E-state index in [0.29, 0.717) is 10.0 Å². The molecule has 0 bridgehead atoms. The Morgan fingerprint density at radius 3 is 2.81 bits per heavy atom. The van der Waals surface area contributed by atoms with Crippen molar-refractivity contribution in [2.24, 2.45) is 0 Å². The average Bonchev–Trinajstić information content (AvgIpc) is 2.95. The molecule has 5 heteroatoms. The van der Waals surface area contributed by atoms with Crippen molar-refractivity contribution < 1.29 is 4.74 Å². The van der Waals surface area contributed by atoms with Gasteiger partial charge in [-0.1, -0.05) is 29.3 Å². The Kier molecular flexibility index (Phi) is 4.34. The molecule has 0 saturated heterocycles. The quantitative estimate of drug-likeness (QED) is 0.666. The van der Waals surface area contributed by atoms with E-state index >= 15 is 0 Å². The van der Waals surface area contributed by atoms with E-state index in [0.717, 1.165) is 28.9 Å². The fourth-order valence-corrected chi connectivity index (χ4v) is 3.26. The van der Waals surface area contributed by atoms with Crippen molar-refractivity contribution >= 4 is 44.8 Å². The van der Waals surface area contributed by atoms with Crippen LogP contribution in [0.4, 0.5) is 5.69 Å². The Balaban J connectivity index is 1.83. The molecule has 0 radical (unpaired) electrons. The molecule has 0 aromatic heterocycles. The summed E-state index contributed by atoms with van der Waals surface area (Å²) in [6, 6.07) is 10.2. The summed E-state index contributed by atoms with van der Waals surface area (Å²) in [6.45, 7) is 2.87. The topological polar surface area (TPSA) is 21.3 Å². The first-order valence-corrected chi connectivity index (χ1v) is 8.27. The van der Waals surface area contributed by atoms with E-state index in [9.17, 15) is 0 Å². The number of rotatable bonds is 3. The zero-order chi connectivity index (χ0) is 15.0. The highest BCUT2D eigenvalue weighted by molar-refractivity contribution is 9.10. The van der Waals surface area contributed by atoms with Crippen LogP contribution in [-0.4, -0.2) is 6.61 Å². The molecule has 0 fully saturated rings. The van der Waals surface area contributed by atoms with Crippen molar-refractivity contribution in [2.45, 2.75) is 19.4 Å². The van der Waals surface area contributed by atoms with Crippen LogP contribution in [0.1, 0.15) is 24.1 Å². The highest BCUT2D eigenvalue weighted by Gasteiger charge is 2.16. The third-order valence-electron chi connectivity index (χ3n) is 3.62. The maximum absolute atomic E-state index is 6.28.